The number of hydroxylamine groups is 2. The maximum Gasteiger partial charge on any atom is 0.435 e. The fourth-order valence-corrected chi connectivity index (χ4v) is 0.845. The number of carbonyl (C=O) groups excluding carboxylic acids is 1. The van der Waals surface area contributed by atoms with Gasteiger partial charge in [-0.25, -0.2) is 9.63 Å². The largest absolute Gasteiger partial charge is 0.435 e. The van der Waals surface area contributed by atoms with Gasteiger partial charge in [0.2, 0.25) is 0 Å². The zero-order valence-electron chi connectivity index (χ0n) is 7.32. The fourth-order valence-electron chi connectivity index (χ4n) is 0.845. The van der Waals surface area contributed by atoms with Crippen LogP contribution in [0.1, 0.15) is 0 Å². The first kappa shape index (κ1) is 10.1. The Morgan fingerprint density at radius 1 is 1.86 bits per heavy atom. The Balaban J connectivity index is 2.82. The van der Waals surface area contributed by atoms with E-state index in [0.717, 1.165) is 11.6 Å². The predicted molar refractivity (Wildman–Crippen MR) is 43.4 cm³/mol. The van der Waals surface area contributed by atoms with Gasteiger partial charge in [-0.05, 0) is 4.92 Å². The minimum atomic E-state index is -0.704. The SMILES string of the molecule is CN(O)C(=O)Cn1ccnc1[N+](=O)[O-]. The Hall–Kier alpha value is -1.96. The maximum absolute atomic E-state index is 11.0. The van der Waals surface area contributed by atoms with Gasteiger partial charge in [0.05, 0.1) is 0 Å². The third-order valence-electron chi connectivity index (χ3n) is 1.52. The molecule has 0 aromatic carbocycles. The van der Waals surface area contributed by atoms with Gasteiger partial charge in [-0.3, -0.25) is 10.0 Å². The molecule has 1 aromatic rings. The molecule has 1 rings (SSSR count). The molecule has 0 aliphatic heterocycles. The van der Waals surface area contributed by atoms with Crippen LogP contribution in [0.25, 0.3) is 0 Å². The first-order chi connectivity index (χ1) is 6.52. The van der Waals surface area contributed by atoms with Crippen molar-refractivity contribution in [3.63, 3.8) is 0 Å². The van der Waals surface area contributed by atoms with Crippen molar-refractivity contribution in [3.05, 3.63) is 22.5 Å². The van der Waals surface area contributed by atoms with Gasteiger partial charge in [-0.2, -0.15) is 0 Å². The molecule has 0 radical (unpaired) electrons. The van der Waals surface area contributed by atoms with Crippen LogP contribution in [-0.4, -0.2) is 37.7 Å². The highest BCUT2D eigenvalue weighted by Gasteiger charge is 2.18. The van der Waals surface area contributed by atoms with Crippen LogP contribution in [0.4, 0.5) is 5.95 Å². The van der Waals surface area contributed by atoms with Crippen LogP contribution in [0.3, 0.4) is 0 Å². The van der Waals surface area contributed by atoms with Crippen molar-refractivity contribution < 1.29 is 14.9 Å². The number of hydrogen-bond donors (Lipinski definition) is 1. The summed E-state index contributed by atoms with van der Waals surface area (Å²) in [7, 11) is 1.14. The molecule has 0 fully saturated rings. The van der Waals surface area contributed by atoms with Gasteiger partial charge in [0.1, 0.15) is 12.4 Å². The van der Waals surface area contributed by atoms with Gasteiger partial charge in [0, 0.05) is 7.05 Å². The molecule has 1 aromatic heterocycles. The second-order valence-corrected chi connectivity index (χ2v) is 2.53. The van der Waals surface area contributed by atoms with Gasteiger partial charge in [-0.1, -0.05) is 4.98 Å². The van der Waals surface area contributed by atoms with E-state index in [1.54, 1.807) is 0 Å². The number of imidazole rings is 1. The summed E-state index contributed by atoms with van der Waals surface area (Å²) in [5.74, 6) is -1.09. The van der Waals surface area contributed by atoms with E-state index in [-0.39, 0.29) is 6.54 Å². The molecule has 0 spiro atoms. The fraction of sp³-hybridized carbons (Fsp3) is 0.333. The molecule has 0 aliphatic rings. The van der Waals surface area contributed by atoms with Gasteiger partial charge in [0.25, 0.3) is 5.91 Å². The van der Waals surface area contributed by atoms with Gasteiger partial charge >= 0.3 is 5.95 Å². The number of nitrogens with zero attached hydrogens (tertiary/aromatic N) is 4. The Kier molecular flexibility index (Phi) is 2.77. The molecule has 0 atom stereocenters. The quantitative estimate of drug-likeness (QED) is 0.407. The van der Waals surface area contributed by atoms with Gasteiger partial charge < -0.3 is 10.1 Å². The first-order valence-corrected chi connectivity index (χ1v) is 3.63. The summed E-state index contributed by atoms with van der Waals surface area (Å²) < 4.78 is 1.04. The number of hydrogen-bond acceptors (Lipinski definition) is 5. The zero-order valence-corrected chi connectivity index (χ0v) is 7.32. The lowest BCUT2D eigenvalue weighted by atomic mass is 10.5. The molecule has 1 N–H and O–H groups in total. The lowest BCUT2D eigenvalue weighted by Crippen LogP contribution is -2.27. The Morgan fingerprint density at radius 2 is 2.50 bits per heavy atom. The molecular formula is C6H8N4O4. The minimum Gasteiger partial charge on any atom is -0.390 e. The summed E-state index contributed by atoms with van der Waals surface area (Å²) in [6, 6.07) is 0. The molecule has 14 heavy (non-hydrogen) atoms. The van der Waals surface area contributed by atoms with Crippen LogP contribution in [0.15, 0.2) is 12.4 Å². The highest BCUT2D eigenvalue weighted by atomic mass is 16.6. The van der Waals surface area contributed by atoms with Crippen LogP contribution in [-0.2, 0) is 11.3 Å². The van der Waals surface area contributed by atoms with Crippen LogP contribution < -0.4 is 0 Å². The van der Waals surface area contributed by atoms with E-state index in [4.69, 9.17) is 5.21 Å². The van der Waals surface area contributed by atoms with Gasteiger partial charge in [0.15, 0.2) is 6.54 Å². The molecular weight excluding hydrogens is 192 g/mol. The first-order valence-electron chi connectivity index (χ1n) is 3.63. The summed E-state index contributed by atoms with van der Waals surface area (Å²) in [6.07, 6.45) is 2.50. The minimum absolute atomic E-state index is 0.316. The van der Waals surface area contributed by atoms with Crippen molar-refractivity contribution in [2.45, 2.75) is 6.54 Å². The number of rotatable bonds is 3. The van der Waals surface area contributed by atoms with Crippen molar-refractivity contribution in [1.29, 1.82) is 0 Å². The molecule has 76 valence electrons. The molecule has 1 heterocycles. The van der Waals surface area contributed by atoms with Crippen LogP contribution in [0, 0.1) is 10.1 Å². The molecule has 0 aliphatic carbocycles. The molecule has 8 heteroatoms. The average Bonchev–Trinajstić information content (AvgIpc) is 2.52. The van der Waals surface area contributed by atoms with E-state index in [2.05, 4.69) is 4.98 Å². The second kappa shape index (κ2) is 3.83. The van der Waals surface area contributed by atoms with Crippen LogP contribution in [0.2, 0.25) is 0 Å². The maximum atomic E-state index is 11.0. The number of amides is 1. The normalized spacial score (nSPS) is 9.86. The van der Waals surface area contributed by atoms with E-state index >= 15 is 0 Å². The van der Waals surface area contributed by atoms with Crippen LogP contribution in [0.5, 0.6) is 0 Å². The van der Waals surface area contributed by atoms with Crippen molar-refractivity contribution >= 4 is 11.9 Å². The number of aromatic nitrogens is 2. The Bertz CT molecular complexity index is 358. The molecule has 0 unspecified atom stereocenters. The summed E-state index contributed by atoms with van der Waals surface area (Å²) in [4.78, 5) is 24.1. The number of nitro groups is 1. The standard InChI is InChI=1S/C6H8N4O4/c1-8(12)5(11)4-9-3-2-7-6(9)10(13)14/h2-3,12H,4H2,1H3. The summed E-state index contributed by atoms with van der Waals surface area (Å²) in [5.41, 5.74) is 0. The van der Waals surface area contributed by atoms with Crippen molar-refractivity contribution in [1.82, 2.24) is 14.6 Å². The van der Waals surface area contributed by atoms with E-state index in [1.807, 2.05) is 0 Å². The average molecular weight is 200 g/mol. The number of carbonyl (C=O) groups is 1. The summed E-state index contributed by atoms with van der Waals surface area (Å²) in [5, 5.41) is 19.5. The second-order valence-electron chi connectivity index (χ2n) is 2.53. The summed E-state index contributed by atoms with van der Waals surface area (Å²) in [6.45, 7) is -0.316. The topological polar surface area (TPSA) is 102 Å². The van der Waals surface area contributed by atoms with Crippen molar-refractivity contribution in [2.75, 3.05) is 7.05 Å². The molecule has 8 nitrogen and oxygen atoms in total. The highest BCUT2D eigenvalue weighted by molar-refractivity contribution is 5.74. The highest BCUT2D eigenvalue weighted by Crippen LogP contribution is 2.06. The van der Waals surface area contributed by atoms with E-state index in [1.165, 1.54) is 12.4 Å². The third kappa shape index (κ3) is 2.04. The van der Waals surface area contributed by atoms with Crippen molar-refractivity contribution in [3.8, 4) is 0 Å². The lowest BCUT2D eigenvalue weighted by molar-refractivity contribution is -0.396. The van der Waals surface area contributed by atoms with Crippen LogP contribution >= 0.6 is 0 Å². The Morgan fingerprint density at radius 3 is 3.00 bits per heavy atom. The number of likely N-dealkylation sites (N-methyl/N-ethyl adjacent to an activating group) is 1. The Labute approximate surface area is 78.5 Å². The van der Waals surface area contributed by atoms with Gasteiger partial charge in [-0.15, -0.1) is 0 Å². The lowest BCUT2D eigenvalue weighted by Gasteiger charge is -2.06. The van der Waals surface area contributed by atoms with E-state index in [9.17, 15) is 14.9 Å². The third-order valence-corrected chi connectivity index (χ3v) is 1.52. The van der Waals surface area contributed by atoms with E-state index in [0.29, 0.717) is 5.06 Å². The van der Waals surface area contributed by atoms with E-state index < -0.39 is 16.8 Å². The molecule has 0 saturated heterocycles. The smallest absolute Gasteiger partial charge is 0.390 e. The predicted octanol–water partition coefficient (Wildman–Crippen LogP) is -0.361. The zero-order chi connectivity index (χ0) is 10.7. The summed E-state index contributed by atoms with van der Waals surface area (Å²) >= 11 is 0. The molecule has 0 bridgehead atoms. The monoisotopic (exact) mass is 200 g/mol. The molecule has 0 saturated carbocycles. The molecule has 1 amide bonds. The van der Waals surface area contributed by atoms with Crippen molar-refractivity contribution in [2.24, 2.45) is 0 Å².